The maximum atomic E-state index is 12.5. The summed E-state index contributed by atoms with van der Waals surface area (Å²) in [7, 11) is 2.10. The van der Waals surface area contributed by atoms with Gasteiger partial charge in [-0.2, -0.15) is 0 Å². The molecule has 0 aliphatic carbocycles. The minimum atomic E-state index is -0.481. The van der Waals surface area contributed by atoms with Crippen molar-refractivity contribution in [3.63, 3.8) is 0 Å². The summed E-state index contributed by atoms with van der Waals surface area (Å²) in [6, 6.07) is 10.3. The normalized spacial score (nSPS) is 19.1. The van der Waals surface area contributed by atoms with Gasteiger partial charge in [0, 0.05) is 43.0 Å². The molecule has 9 heteroatoms. The number of likely N-dealkylation sites (N-methyl/N-ethyl adjacent to an activating group) is 1. The quantitative estimate of drug-likeness (QED) is 0.452. The molecule has 0 saturated carbocycles. The van der Waals surface area contributed by atoms with Gasteiger partial charge in [0.15, 0.2) is 0 Å². The first-order valence-corrected chi connectivity index (χ1v) is 13.7. The second-order valence-corrected chi connectivity index (χ2v) is 11.5. The molecular formula is C30H37N3O6. The number of carbonyl (C=O) groups excluding carboxylic acids is 3. The molecule has 2 aliphatic heterocycles. The van der Waals surface area contributed by atoms with Crippen molar-refractivity contribution < 1.29 is 28.3 Å². The molecule has 1 N–H and O–H groups in total. The van der Waals surface area contributed by atoms with Gasteiger partial charge in [0.05, 0.1) is 12.2 Å². The highest BCUT2D eigenvalue weighted by Gasteiger charge is 2.31. The van der Waals surface area contributed by atoms with Gasteiger partial charge in [-0.15, -0.1) is 0 Å². The zero-order valence-corrected chi connectivity index (χ0v) is 23.1. The van der Waals surface area contributed by atoms with Crippen LogP contribution in [0.1, 0.15) is 57.9 Å². The molecule has 208 valence electrons. The highest BCUT2D eigenvalue weighted by molar-refractivity contribution is 6.10. The Labute approximate surface area is 228 Å². The molecule has 0 radical (unpaired) electrons. The van der Waals surface area contributed by atoms with Crippen molar-refractivity contribution in [1.29, 1.82) is 0 Å². The van der Waals surface area contributed by atoms with Crippen LogP contribution in [0.3, 0.4) is 0 Å². The Morgan fingerprint density at radius 2 is 1.90 bits per heavy atom. The SMILES string of the molecule is CN(CCOc1ccc2c(ccc3occ(C4CCC(=O)NC4=O)c32)c1)C1CCN(C(=O)OC(C)(C)C)CC1. The summed E-state index contributed by atoms with van der Waals surface area (Å²) in [5.74, 6) is -0.129. The van der Waals surface area contributed by atoms with Crippen molar-refractivity contribution in [3.8, 4) is 5.75 Å². The van der Waals surface area contributed by atoms with E-state index in [9.17, 15) is 14.4 Å². The fraction of sp³-hybridized carbons (Fsp3) is 0.500. The molecule has 2 saturated heterocycles. The molecule has 3 amide bonds. The number of hydrogen-bond donors (Lipinski definition) is 1. The lowest BCUT2D eigenvalue weighted by atomic mass is 9.89. The van der Waals surface area contributed by atoms with Gasteiger partial charge in [-0.25, -0.2) is 4.79 Å². The number of piperidine rings is 2. The Kier molecular flexibility index (Phi) is 7.53. The number of benzene rings is 2. The van der Waals surface area contributed by atoms with Crippen molar-refractivity contribution in [1.82, 2.24) is 15.1 Å². The largest absolute Gasteiger partial charge is 0.492 e. The number of hydrogen-bond acceptors (Lipinski definition) is 7. The van der Waals surface area contributed by atoms with Crippen molar-refractivity contribution in [3.05, 3.63) is 42.2 Å². The first-order valence-electron chi connectivity index (χ1n) is 13.7. The third kappa shape index (κ3) is 6.03. The smallest absolute Gasteiger partial charge is 0.410 e. The van der Waals surface area contributed by atoms with Crippen LogP contribution in [0.15, 0.2) is 41.0 Å². The standard InChI is InChI=1S/C30H37N3O6/c1-30(2,3)39-29(36)33-13-11-20(12-14-33)32(4)15-16-37-21-6-7-22-19(17-21)5-9-25-27(22)24(18-38-25)23-8-10-26(34)31-28(23)35/h5-7,9,17-18,20,23H,8,10-16H2,1-4H3,(H,31,34,35). The van der Waals surface area contributed by atoms with Crippen LogP contribution in [-0.4, -0.2) is 72.6 Å². The zero-order chi connectivity index (χ0) is 27.7. The number of ether oxygens (including phenoxy) is 2. The van der Waals surface area contributed by atoms with Gasteiger partial charge < -0.3 is 18.8 Å². The van der Waals surface area contributed by atoms with Crippen LogP contribution in [0.5, 0.6) is 5.75 Å². The summed E-state index contributed by atoms with van der Waals surface area (Å²) in [5.41, 5.74) is 1.05. The van der Waals surface area contributed by atoms with Crippen LogP contribution in [0.25, 0.3) is 21.7 Å². The lowest BCUT2D eigenvalue weighted by Crippen LogP contribution is -2.47. The van der Waals surface area contributed by atoms with E-state index in [1.807, 2.05) is 51.1 Å². The van der Waals surface area contributed by atoms with Gasteiger partial charge in [-0.1, -0.05) is 6.07 Å². The second-order valence-electron chi connectivity index (χ2n) is 11.5. The van der Waals surface area contributed by atoms with Crippen molar-refractivity contribution in [2.75, 3.05) is 33.3 Å². The zero-order valence-electron chi connectivity index (χ0n) is 23.1. The molecule has 2 aromatic carbocycles. The molecule has 1 atom stereocenters. The molecule has 2 fully saturated rings. The van der Waals surface area contributed by atoms with E-state index in [-0.39, 0.29) is 17.9 Å². The summed E-state index contributed by atoms with van der Waals surface area (Å²) in [5, 5.41) is 5.34. The van der Waals surface area contributed by atoms with Gasteiger partial charge in [0.2, 0.25) is 11.8 Å². The number of carbonyl (C=O) groups is 3. The number of imide groups is 1. The number of likely N-dealkylation sites (tertiary alicyclic amines) is 1. The predicted octanol–water partition coefficient (Wildman–Crippen LogP) is 4.82. The maximum Gasteiger partial charge on any atom is 0.410 e. The summed E-state index contributed by atoms with van der Waals surface area (Å²) in [6.07, 6.45) is 4.01. The first kappa shape index (κ1) is 27.0. The van der Waals surface area contributed by atoms with E-state index in [4.69, 9.17) is 13.9 Å². The third-order valence-corrected chi connectivity index (χ3v) is 7.62. The van der Waals surface area contributed by atoms with E-state index in [0.29, 0.717) is 38.6 Å². The monoisotopic (exact) mass is 535 g/mol. The third-order valence-electron chi connectivity index (χ3n) is 7.62. The summed E-state index contributed by atoms with van der Waals surface area (Å²) in [6.45, 7) is 8.37. The molecular weight excluding hydrogens is 498 g/mol. The molecule has 1 aromatic heterocycles. The average molecular weight is 536 g/mol. The Morgan fingerprint density at radius 1 is 1.13 bits per heavy atom. The van der Waals surface area contributed by atoms with Crippen molar-refractivity contribution in [2.45, 2.75) is 64.0 Å². The Bertz CT molecular complexity index is 1380. The second kappa shape index (κ2) is 10.9. The number of fused-ring (bicyclic) bond motifs is 3. The minimum absolute atomic E-state index is 0.229. The Balaban J connectivity index is 1.18. The predicted molar refractivity (Wildman–Crippen MR) is 148 cm³/mol. The van der Waals surface area contributed by atoms with E-state index in [0.717, 1.165) is 52.4 Å². The van der Waals surface area contributed by atoms with Crippen molar-refractivity contribution >= 4 is 39.6 Å². The van der Waals surface area contributed by atoms with Gasteiger partial charge >= 0.3 is 6.09 Å². The van der Waals surface area contributed by atoms with Gasteiger partial charge in [0.1, 0.15) is 23.5 Å². The molecule has 0 bridgehead atoms. The molecule has 1 unspecified atom stereocenters. The lowest BCUT2D eigenvalue weighted by molar-refractivity contribution is -0.134. The highest BCUT2D eigenvalue weighted by atomic mass is 16.6. The van der Waals surface area contributed by atoms with Crippen LogP contribution in [0.2, 0.25) is 0 Å². The van der Waals surface area contributed by atoms with Crippen LogP contribution in [0, 0.1) is 0 Å². The van der Waals surface area contributed by atoms with Crippen LogP contribution in [-0.2, 0) is 14.3 Å². The fourth-order valence-electron chi connectivity index (χ4n) is 5.51. The number of rotatable bonds is 6. The summed E-state index contributed by atoms with van der Waals surface area (Å²) >= 11 is 0. The Morgan fingerprint density at radius 3 is 2.62 bits per heavy atom. The Hall–Kier alpha value is -3.59. The molecule has 3 aromatic rings. The van der Waals surface area contributed by atoms with Crippen molar-refractivity contribution in [2.24, 2.45) is 0 Å². The summed E-state index contributed by atoms with van der Waals surface area (Å²) < 4.78 is 17.4. The van der Waals surface area contributed by atoms with Gasteiger partial charge in [-0.3, -0.25) is 19.8 Å². The van der Waals surface area contributed by atoms with E-state index in [2.05, 4.69) is 17.3 Å². The average Bonchev–Trinajstić information content (AvgIpc) is 3.32. The molecule has 39 heavy (non-hydrogen) atoms. The van der Waals surface area contributed by atoms with E-state index >= 15 is 0 Å². The molecule has 5 rings (SSSR count). The van der Waals surface area contributed by atoms with Gasteiger partial charge in [0.25, 0.3) is 0 Å². The maximum absolute atomic E-state index is 12.5. The molecule has 2 aliphatic rings. The number of nitrogens with one attached hydrogen (secondary N) is 1. The molecule has 3 heterocycles. The number of amides is 3. The molecule has 9 nitrogen and oxygen atoms in total. The van der Waals surface area contributed by atoms with Crippen LogP contribution >= 0.6 is 0 Å². The number of furan rings is 1. The topological polar surface area (TPSA) is 101 Å². The van der Waals surface area contributed by atoms with Gasteiger partial charge in [-0.05, 0) is 82.1 Å². The van der Waals surface area contributed by atoms with E-state index in [1.165, 1.54) is 0 Å². The molecule has 0 spiro atoms. The minimum Gasteiger partial charge on any atom is -0.492 e. The van der Waals surface area contributed by atoms with Crippen LogP contribution in [0.4, 0.5) is 4.79 Å². The first-order chi connectivity index (χ1) is 18.6. The van der Waals surface area contributed by atoms with E-state index < -0.39 is 11.5 Å². The van der Waals surface area contributed by atoms with Crippen LogP contribution < -0.4 is 10.1 Å². The highest BCUT2D eigenvalue weighted by Crippen LogP contribution is 2.37. The fourth-order valence-corrected chi connectivity index (χ4v) is 5.51. The summed E-state index contributed by atoms with van der Waals surface area (Å²) in [4.78, 5) is 40.5. The lowest BCUT2D eigenvalue weighted by Gasteiger charge is -2.37. The van der Waals surface area contributed by atoms with E-state index in [1.54, 1.807) is 11.2 Å². The number of nitrogens with zero attached hydrogens (tertiary/aromatic N) is 2.